The molecule has 0 bridgehead atoms. The van der Waals surface area contributed by atoms with Crippen LogP contribution in [0.5, 0.6) is 0 Å². The molecule has 0 spiro atoms. The van der Waals surface area contributed by atoms with Crippen molar-refractivity contribution in [3.8, 4) is 0 Å². The standard InChI is InChI=1S/C11H16N4O3/c16-10(17)8-15-7-9(12-13-15)11(18)14-5-3-1-2-4-6-14/h7H,1-6,8H2,(H,16,17). The summed E-state index contributed by atoms with van der Waals surface area (Å²) in [6.07, 6.45) is 5.70. The summed E-state index contributed by atoms with van der Waals surface area (Å²) in [6, 6.07) is 0. The minimum absolute atomic E-state index is 0.159. The second-order valence-electron chi connectivity index (χ2n) is 4.40. The second kappa shape index (κ2) is 5.61. The van der Waals surface area contributed by atoms with E-state index in [1.807, 2.05) is 0 Å². The first-order valence-electron chi connectivity index (χ1n) is 6.08. The van der Waals surface area contributed by atoms with Crippen molar-refractivity contribution in [2.75, 3.05) is 13.1 Å². The van der Waals surface area contributed by atoms with Gasteiger partial charge in [0.15, 0.2) is 5.69 Å². The molecule has 7 heteroatoms. The third kappa shape index (κ3) is 3.06. The molecule has 1 aliphatic heterocycles. The molecule has 0 saturated carbocycles. The maximum atomic E-state index is 12.1. The third-order valence-electron chi connectivity index (χ3n) is 2.95. The van der Waals surface area contributed by atoms with Gasteiger partial charge in [0.1, 0.15) is 6.54 Å². The first kappa shape index (κ1) is 12.5. The van der Waals surface area contributed by atoms with Gasteiger partial charge in [-0.3, -0.25) is 9.59 Å². The maximum absolute atomic E-state index is 12.1. The van der Waals surface area contributed by atoms with Crippen LogP contribution in [-0.4, -0.2) is 50.0 Å². The Balaban J connectivity index is 2.03. The zero-order valence-corrected chi connectivity index (χ0v) is 10.1. The number of aliphatic carboxylic acids is 1. The van der Waals surface area contributed by atoms with Crippen molar-refractivity contribution in [2.24, 2.45) is 0 Å². The van der Waals surface area contributed by atoms with Gasteiger partial charge in [-0.1, -0.05) is 18.1 Å². The Morgan fingerprint density at radius 2 is 1.89 bits per heavy atom. The molecule has 1 aliphatic rings. The van der Waals surface area contributed by atoms with E-state index in [1.165, 1.54) is 6.20 Å². The van der Waals surface area contributed by atoms with Crippen molar-refractivity contribution >= 4 is 11.9 Å². The third-order valence-corrected chi connectivity index (χ3v) is 2.95. The molecule has 1 aromatic heterocycles. The van der Waals surface area contributed by atoms with Gasteiger partial charge in [0, 0.05) is 13.1 Å². The largest absolute Gasteiger partial charge is 0.480 e. The van der Waals surface area contributed by atoms with E-state index in [0.717, 1.165) is 43.5 Å². The zero-order chi connectivity index (χ0) is 13.0. The molecule has 2 rings (SSSR count). The molecular formula is C11H16N4O3. The molecule has 1 saturated heterocycles. The molecule has 98 valence electrons. The zero-order valence-electron chi connectivity index (χ0n) is 10.1. The molecule has 0 radical (unpaired) electrons. The number of nitrogens with zero attached hydrogens (tertiary/aromatic N) is 4. The predicted octanol–water partition coefficient (Wildman–Crippen LogP) is 0.379. The lowest BCUT2D eigenvalue weighted by Gasteiger charge is -2.18. The van der Waals surface area contributed by atoms with Gasteiger partial charge in [-0.25, -0.2) is 4.68 Å². The van der Waals surface area contributed by atoms with Crippen molar-refractivity contribution in [2.45, 2.75) is 32.2 Å². The van der Waals surface area contributed by atoms with E-state index >= 15 is 0 Å². The van der Waals surface area contributed by atoms with Gasteiger partial charge in [-0.15, -0.1) is 5.10 Å². The lowest BCUT2D eigenvalue weighted by Crippen LogP contribution is -2.32. The van der Waals surface area contributed by atoms with Crippen LogP contribution in [0.1, 0.15) is 36.2 Å². The number of hydrogen-bond donors (Lipinski definition) is 1. The number of rotatable bonds is 3. The van der Waals surface area contributed by atoms with E-state index in [9.17, 15) is 9.59 Å². The Kier molecular flexibility index (Phi) is 3.91. The van der Waals surface area contributed by atoms with Crippen LogP contribution in [-0.2, 0) is 11.3 Å². The number of likely N-dealkylation sites (tertiary alicyclic amines) is 1. The van der Waals surface area contributed by atoms with Crippen LogP contribution in [0.2, 0.25) is 0 Å². The number of carboxylic acids is 1. The van der Waals surface area contributed by atoms with E-state index in [4.69, 9.17) is 5.11 Å². The molecule has 0 aliphatic carbocycles. The number of carbonyl (C=O) groups is 2. The summed E-state index contributed by atoms with van der Waals surface area (Å²) in [4.78, 5) is 24.4. The number of aromatic nitrogens is 3. The predicted molar refractivity (Wildman–Crippen MR) is 62.0 cm³/mol. The fourth-order valence-electron chi connectivity index (χ4n) is 2.05. The van der Waals surface area contributed by atoms with Crippen LogP contribution in [0.4, 0.5) is 0 Å². The summed E-state index contributed by atoms with van der Waals surface area (Å²) in [5, 5.41) is 16.0. The Morgan fingerprint density at radius 3 is 2.50 bits per heavy atom. The summed E-state index contributed by atoms with van der Waals surface area (Å²) in [7, 11) is 0. The van der Waals surface area contributed by atoms with Crippen LogP contribution < -0.4 is 0 Å². The van der Waals surface area contributed by atoms with Gasteiger partial charge in [0.05, 0.1) is 6.20 Å². The first-order valence-corrected chi connectivity index (χ1v) is 6.08. The van der Waals surface area contributed by atoms with Gasteiger partial charge < -0.3 is 10.0 Å². The SMILES string of the molecule is O=C(O)Cn1cc(C(=O)N2CCCCCC2)nn1. The molecule has 7 nitrogen and oxygen atoms in total. The number of hydrogen-bond acceptors (Lipinski definition) is 4. The van der Waals surface area contributed by atoms with Gasteiger partial charge in [0.25, 0.3) is 5.91 Å². The number of carbonyl (C=O) groups excluding carboxylic acids is 1. The van der Waals surface area contributed by atoms with Crippen molar-refractivity contribution in [1.29, 1.82) is 0 Å². The monoisotopic (exact) mass is 252 g/mol. The highest BCUT2D eigenvalue weighted by Gasteiger charge is 2.20. The Hall–Kier alpha value is -1.92. The molecule has 1 fully saturated rings. The topological polar surface area (TPSA) is 88.3 Å². The summed E-state index contributed by atoms with van der Waals surface area (Å²) in [5.74, 6) is -1.16. The van der Waals surface area contributed by atoms with E-state index in [2.05, 4.69) is 10.3 Å². The minimum Gasteiger partial charge on any atom is -0.480 e. The molecule has 1 N–H and O–H groups in total. The van der Waals surface area contributed by atoms with Crippen LogP contribution >= 0.6 is 0 Å². The Bertz CT molecular complexity index is 435. The highest BCUT2D eigenvalue weighted by molar-refractivity contribution is 5.92. The van der Waals surface area contributed by atoms with Crippen molar-refractivity contribution in [3.63, 3.8) is 0 Å². The molecule has 0 unspecified atom stereocenters. The molecular weight excluding hydrogens is 236 g/mol. The molecule has 18 heavy (non-hydrogen) atoms. The maximum Gasteiger partial charge on any atom is 0.325 e. The van der Waals surface area contributed by atoms with E-state index in [-0.39, 0.29) is 18.1 Å². The summed E-state index contributed by atoms with van der Waals surface area (Å²) >= 11 is 0. The Morgan fingerprint density at radius 1 is 1.22 bits per heavy atom. The van der Waals surface area contributed by atoms with Crippen LogP contribution in [0, 0.1) is 0 Å². The second-order valence-corrected chi connectivity index (χ2v) is 4.40. The average molecular weight is 252 g/mol. The van der Waals surface area contributed by atoms with Crippen molar-refractivity contribution in [3.05, 3.63) is 11.9 Å². The van der Waals surface area contributed by atoms with E-state index in [0.29, 0.717) is 0 Å². The quantitative estimate of drug-likeness (QED) is 0.840. The summed E-state index contributed by atoms with van der Waals surface area (Å²) in [5.41, 5.74) is 0.221. The lowest BCUT2D eigenvalue weighted by molar-refractivity contribution is -0.137. The van der Waals surface area contributed by atoms with Gasteiger partial charge in [0.2, 0.25) is 0 Å². The summed E-state index contributed by atoms with van der Waals surface area (Å²) in [6.45, 7) is 1.20. The van der Waals surface area contributed by atoms with Crippen molar-refractivity contribution < 1.29 is 14.7 Å². The fraction of sp³-hybridized carbons (Fsp3) is 0.636. The molecule has 1 aromatic rings. The molecule has 1 amide bonds. The summed E-state index contributed by atoms with van der Waals surface area (Å²) < 4.78 is 1.16. The number of carboxylic acid groups (broad SMARTS) is 1. The van der Waals surface area contributed by atoms with Gasteiger partial charge in [-0.05, 0) is 12.8 Å². The molecule has 0 atom stereocenters. The van der Waals surface area contributed by atoms with Crippen LogP contribution in [0.25, 0.3) is 0 Å². The van der Waals surface area contributed by atoms with Crippen LogP contribution in [0.3, 0.4) is 0 Å². The van der Waals surface area contributed by atoms with E-state index in [1.54, 1.807) is 4.90 Å². The van der Waals surface area contributed by atoms with Gasteiger partial charge in [-0.2, -0.15) is 0 Å². The average Bonchev–Trinajstić information content (AvgIpc) is 2.63. The normalized spacial score (nSPS) is 16.3. The molecule has 2 heterocycles. The van der Waals surface area contributed by atoms with Crippen molar-refractivity contribution in [1.82, 2.24) is 19.9 Å². The van der Waals surface area contributed by atoms with Gasteiger partial charge >= 0.3 is 5.97 Å². The smallest absolute Gasteiger partial charge is 0.325 e. The highest BCUT2D eigenvalue weighted by atomic mass is 16.4. The van der Waals surface area contributed by atoms with Crippen LogP contribution in [0.15, 0.2) is 6.20 Å². The van der Waals surface area contributed by atoms with E-state index < -0.39 is 5.97 Å². The first-order chi connectivity index (χ1) is 8.66. The Labute approximate surface area is 104 Å². The highest BCUT2D eigenvalue weighted by Crippen LogP contribution is 2.12. The fourth-order valence-corrected chi connectivity index (χ4v) is 2.05. The minimum atomic E-state index is -1.01. The lowest BCUT2D eigenvalue weighted by atomic mass is 10.2. The molecule has 0 aromatic carbocycles. The number of amides is 1.